The Morgan fingerprint density at radius 1 is 0.880 bits per heavy atom. The second-order valence-electron chi connectivity index (χ2n) is 6.83. The molecular formula is C23H20N2. The Hall–Kier alpha value is -3.05. The summed E-state index contributed by atoms with van der Waals surface area (Å²) in [4.78, 5) is 0. The monoisotopic (exact) mass is 324 g/mol. The molecule has 0 bridgehead atoms. The summed E-state index contributed by atoms with van der Waals surface area (Å²) in [5.74, 6) is 0.424. The molecule has 1 aliphatic rings. The van der Waals surface area contributed by atoms with Crippen LogP contribution in [0.2, 0.25) is 0 Å². The van der Waals surface area contributed by atoms with Gasteiger partial charge < -0.3 is 5.32 Å². The van der Waals surface area contributed by atoms with E-state index in [0.717, 1.165) is 28.9 Å². The molecule has 0 saturated carbocycles. The Morgan fingerprint density at radius 2 is 1.64 bits per heavy atom. The molecular weight excluding hydrogens is 304 g/mol. The third kappa shape index (κ3) is 2.58. The first-order valence-corrected chi connectivity index (χ1v) is 8.69. The third-order valence-electron chi connectivity index (χ3n) is 4.95. The van der Waals surface area contributed by atoms with E-state index in [2.05, 4.69) is 73.8 Å². The van der Waals surface area contributed by atoms with E-state index in [4.69, 9.17) is 0 Å². The molecule has 2 nitrogen and oxygen atoms in total. The molecule has 0 radical (unpaired) electrons. The molecule has 0 aromatic heterocycles. The zero-order valence-corrected chi connectivity index (χ0v) is 14.5. The SMILES string of the molecule is CC(C)c1ccccc1Nc1ccc2c(c1C#N)Cc1ccccc1-2. The molecule has 3 aromatic carbocycles. The van der Waals surface area contributed by atoms with Gasteiger partial charge in [0.05, 0.1) is 11.3 Å². The van der Waals surface area contributed by atoms with Crippen LogP contribution in [-0.2, 0) is 6.42 Å². The van der Waals surface area contributed by atoms with Crippen LogP contribution in [0.5, 0.6) is 0 Å². The molecule has 0 atom stereocenters. The standard InChI is InChI=1S/C23H20N2/c1-15(2)17-8-5-6-10-22(17)25-23-12-11-19-18-9-4-3-7-16(18)13-20(19)21(23)14-24/h3-12,15,25H,13H2,1-2H3. The molecule has 0 aliphatic heterocycles. The Kier molecular flexibility index (Phi) is 3.78. The second kappa shape index (κ2) is 6.11. The molecule has 3 aromatic rings. The number of para-hydroxylation sites is 1. The fourth-order valence-electron chi connectivity index (χ4n) is 3.70. The molecule has 1 aliphatic carbocycles. The molecule has 1 N–H and O–H groups in total. The first kappa shape index (κ1) is 15.5. The lowest BCUT2D eigenvalue weighted by Gasteiger charge is -2.16. The maximum atomic E-state index is 9.83. The van der Waals surface area contributed by atoms with Gasteiger partial charge in [0, 0.05) is 12.1 Å². The molecule has 0 fully saturated rings. The lowest BCUT2D eigenvalue weighted by Crippen LogP contribution is -2.01. The molecule has 0 saturated heterocycles. The van der Waals surface area contributed by atoms with Crippen molar-refractivity contribution in [3.63, 3.8) is 0 Å². The minimum absolute atomic E-state index is 0.424. The number of nitriles is 1. The van der Waals surface area contributed by atoms with Crippen molar-refractivity contribution in [1.29, 1.82) is 5.26 Å². The normalized spacial score (nSPS) is 11.8. The molecule has 4 rings (SSSR count). The Morgan fingerprint density at radius 3 is 2.44 bits per heavy atom. The van der Waals surface area contributed by atoms with Crippen molar-refractivity contribution in [3.05, 3.63) is 82.9 Å². The highest BCUT2D eigenvalue weighted by Crippen LogP contribution is 2.41. The zero-order chi connectivity index (χ0) is 17.4. The summed E-state index contributed by atoms with van der Waals surface area (Å²) in [6.07, 6.45) is 0.829. The Bertz CT molecular complexity index is 993. The van der Waals surface area contributed by atoms with E-state index >= 15 is 0 Å². The van der Waals surface area contributed by atoms with Gasteiger partial charge in [-0.05, 0) is 45.9 Å². The summed E-state index contributed by atoms with van der Waals surface area (Å²) in [5.41, 5.74) is 8.86. The maximum Gasteiger partial charge on any atom is 0.102 e. The summed E-state index contributed by atoms with van der Waals surface area (Å²) in [6.45, 7) is 4.37. The number of nitrogens with one attached hydrogen (secondary N) is 1. The van der Waals surface area contributed by atoms with Crippen LogP contribution in [0.3, 0.4) is 0 Å². The summed E-state index contributed by atoms with van der Waals surface area (Å²) in [6, 6.07) is 23.3. The van der Waals surface area contributed by atoms with Crippen LogP contribution in [0.15, 0.2) is 60.7 Å². The molecule has 0 spiro atoms. The van der Waals surface area contributed by atoms with Crippen molar-refractivity contribution in [3.8, 4) is 17.2 Å². The van der Waals surface area contributed by atoms with Crippen LogP contribution in [0, 0.1) is 11.3 Å². The third-order valence-corrected chi connectivity index (χ3v) is 4.95. The van der Waals surface area contributed by atoms with E-state index in [0.29, 0.717) is 5.92 Å². The van der Waals surface area contributed by atoms with Gasteiger partial charge in [-0.15, -0.1) is 0 Å². The van der Waals surface area contributed by atoms with E-state index in [1.807, 2.05) is 12.1 Å². The Labute approximate surface area is 148 Å². The lowest BCUT2D eigenvalue weighted by atomic mass is 9.98. The lowest BCUT2D eigenvalue weighted by molar-refractivity contribution is 0.869. The largest absolute Gasteiger partial charge is 0.354 e. The van der Waals surface area contributed by atoms with Crippen LogP contribution in [0.1, 0.15) is 42.0 Å². The molecule has 0 unspecified atom stereocenters. The molecule has 0 heterocycles. The predicted octanol–water partition coefficient (Wildman–Crippen LogP) is 6.00. The minimum Gasteiger partial charge on any atom is -0.354 e. The van der Waals surface area contributed by atoms with Crippen LogP contribution in [0.4, 0.5) is 11.4 Å². The zero-order valence-electron chi connectivity index (χ0n) is 14.5. The number of fused-ring (bicyclic) bond motifs is 3. The number of anilines is 2. The average molecular weight is 324 g/mol. The van der Waals surface area contributed by atoms with Gasteiger partial charge in [-0.3, -0.25) is 0 Å². The van der Waals surface area contributed by atoms with E-state index in [1.54, 1.807) is 0 Å². The van der Waals surface area contributed by atoms with Gasteiger partial charge in [0.25, 0.3) is 0 Å². The van der Waals surface area contributed by atoms with Gasteiger partial charge in [-0.25, -0.2) is 0 Å². The number of benzene rings is 3. The first-order chi connectivity index (χ1) is 12.2. The van der Waals surface area contributed by atoms with Gasteiger partial charge in [0.15, 0.2) is 0 Å². The molecule has 122 valence electrons. The van der Waals surface area contributed by atoms with Crippen molar-refractivity contribution in [2.75, 3.05) is 5.32 Å². The van der Waals surface area contributed by atoms with E-state index < -0.39 is 0 Å². The average Bonchev–Trinajstić information content (AvgIpc) is 3.00. The van der Waals surface area contributed by atoms with Crippen molar-refractivity contribution in [2.45, 2.75) is 26.2 Å². The van der Waals surface area contributed by atoms with Gasteiger partial charge >= 0.3 is 0 Å². The number of nitrogens with zero attached hydrogens (tertiary/aromatic N) is 1. The topological polar surface area (TPSA) is 35.8 Å². The van der Waals surface area contributed by atoms with E-state index in [9.17, 15) is 5.26 Å². The number of hydrogen-bond donors (Lipinski definition) is 1. The number of hydrogen-bond acceptors (Lipinski definition) is 2. The van der Waals surface area contributed by atoms with Crippen LogP contribution in [-0.4, -0.2) is 0 Å². The second-order valence-corrected chi connectivity index (χ2v) is 6.83. The summed E-state index contributed by atoms with van der Waals surface area (Å²) in [7, 11) is 0. The van der Waals surface area contributed by atoms with Crippen molar-refractivity contribution in [1.82, 2.24) is 0 Å². The van der Waals surface area contributed by atoms with Crippen LogP contribution >= 0.6 is 0 Å². The summed E-state index contributed by atoms with van der Waals surface area (Å²) >= 11 is 0. The molecule has 2 heteroatoms. The van der Waals surface area contributed by atoms with Crippen LogP contribution < -0.4 is 5.32 Å². The first-order valence-electron chi connectivity index (χ1n) is 8.69. The summed E-state index contributed by atoms with van der Waals surface area (Å²) in [5, 5.41) is 13.3. The van der Waals surface area contributed by atoms with Crippen molar-refractivity contribution in [2.24, 2.45) is 0 Å². The van der Waals surface area contributed by atoms with E-state index in [1.165, 1.54) is 22.3 Å². The number of rotatable bonds is 3. The Balaban J connectivity index is 1.79. The quantitative estimate of drug-likeness (QED) is 0.502. The molecule has 0 amide bonds. The summed E-state index contributed by atoms with van der Waals surface area (Å²) < 4.78 is 0. The molecule has 25 heavy (non-hydrogen) atoms. The fourth-order valence-corrected chi connectivity index (χ4v) is 3.70. The van der Waals surface area contributed by atoms with Gasteiger partial charge in [-0.1, -0.05) is 62.4 Å². The van der Waals surface area contributed by atoms with Crippen molar-refractivity contribution < 1.29 is 0 Å². The highest BCUT2D eigenvalue weighted by Gasteiger charge is 2.23. The van der Waals surface area contributed by atoms with Gasteiger partial charge in [-0.2, -0.15) is 5.26 Å². The van der Waals surface area contributed by atoms with Gasteiger partial charge in [0.1, 0.15) is 6.07 Å². The highest BCUT2D eigenvalue weighted by atomic mass is 14.9. The minimum atomic E-state index is 0.424. The fraction of sp³-hybridized carbons (Fsp3) is 0.174. The van der Waals surface area contributed by atoms with Gasteiger partial charge in [0.2, 0.25) is 0 Å². The predicted molar refractivity (Wildman–Crippen MR) is 103 cm³/mol. The highest BCUT2D eigenvalue weighted by molar-refractivity contribution is 5.84. The van der Waals surface area contributed by atoms with E-state index in [-0.39, 0.29) is 0 Å². The smallest absolute Gasteiger partial charge is 0.102 e. The van der Waals surface area contributed by atoms with Crippen molar-refractivity contribution >= 4 is 11.4 Å². The van der Waals surface area contributed by atoms with Crippen LogP contribution in [0.25, 0.3) is 11.1 Å². The maximum absolute atomic E-state index is 9.83.